The van der Waals surface area contributed by atoms with Crippen molar-refractivity contribution in [3.63, 3.8) is 0 Å². The second kappa shape index (κ2) is 10.9. The van der Waals surface area contributed by atoms with Crippen molar-refractivity contribution < 1.29 is 17.9 Å². The topological polar surface area (TPSA) is 93.5 Å². The molecule has 0 saturated carbocycles. The van der Waals surface area contributed by atoms with E-state index >= 15 is 0 Å². The van der Waals surface area contributed by atoms with Gasteiger partial charge < -0.3 is 14.6 Å². The van der Waals surface area contributed by atoms with Gasteiger partial charge in [-0.15, -0.1) is 0 Å². The number of hydrogen-bond acceptors (Lipinski definition) is 5. The van der Waals surface area contributed by atoms with Crippen molar-refractivity contribution in [3.8, 4) is 11.4 Å². The zero-order valence-electron chi connectivity index (χ0n) is 19.2. The molecule has 1 amide bonds. The van der Waals surface area contributed by atoms with Gasteiger partial charge in [-0.05, 0) is 55.0 Å². The Labute approximate surface area is 204 Å². The Hall–Kier alpha value is -4.11. The highest BCUT2D eigenvalue weighted by molar-refractivity contribution is 7.92. The number of ether oxygens (including phenoxy) is 1. The molecule has 1 heterocycles. The van der Waals surface area contributed by atoms with Crippen LogP contribution in [-0.4, -0.2) is 37.0 Å². The fraction of sp³-hybridized carbons (Fsp3) is 0.154. The maximum Gasteiger partial charge on any atom is 0.264 e. The molecule has 35 heavy (non-hydrogen) atoms. The lowest BCUT2D eigenvalue weighted by atomic mass is 10.1. The van der Waals surface area contributed by atoms with Crippen LogP contribution >= 0.6 is 0 Å². The molecule has 0 unspecified atom stereocenters. The summed E-state index contributed by atoms with van der Waals surface area (Å²) in [5.74, 6) is 0.188. The van der Waals surface area contributed by atoms with Crippen LogP contribution < -0.4 is 14.4 Å². The molecule has 3 aromatic carbocycles. The molecule has 0 fully saturated rings. The summed E-state index contributed by atoms with van der Waals surface area (Å²) in [4.78, 5) is 17.2. The van der Waals surface area contributed by atoms with E-state index in [-0.39, 0.29) is 18.0 Å². The highest BCUT2D eigenvalue weighted by Crippen LogP contribution is 2.26. The van der Waals surface area contributed by atoms with Gasteiger partial charge in [-0.25, -0.2) is 13.4 Å². The Bertz CT molecular complexity index is 1360. The van der Waals surface area contributed by atoms with Gasteiger partial charge >= 0.3 is 0 Å². The second-order valence-electron chi connectivity index (χ2n) is 7.63. The quantitative estimate of drug-likeness (QED) is 0.365. The van der Waals surface area contributed by atoms with E-state index < -0.39 is 15.9 Å². The summed E-state index contributed by atoms with van der Waals surface area (Å²) >= 11 is 0. The monoisotopic (exact) mass is 490 g/mol. The summed E-state index contributed by atoms with van der Waals surface area (Å²) in [5.41, 5.74) is 2.12. The van der Waals surface area contributed by atoms with Crippen molar-refractivity contribution in [2.24, 2.45) is 0 Å². The first-order valence-electron chi connectivity index (χ1n) is 11.1. The highest BCUT2D eigenvalue weighted by atomic mass is 32.2. The van der Waals surface area contributed by atoms with E-state index in [4.69, 9.17) is 4.74 Å². The number of nitrogens with one attached hydrogen (secondary N) is 1. The summed E-state index contributed by atoms with van der Waals surface area (Å²) in [7, 11) is -3.98. The number of nitrogens with zero attached hydrogens (tertiary/aromatic N) is 3. The summed E-state index contributed by atoms with van der Waals surface area (Å²) < 4.78 is 35.4. The number of para-hydroxylation sites is 1. The van der Waals surface area contributed by atoms with Crippen molar-refractivity contribution in [1.82, 2.24) is 14.9 Å². The molecule has 0 spiro atoms. The number of anilines is 1. The second-order valence-corrected chi connectivity index (χ2v) is 9.49. The smallest absolute Gasteiger partial charge is 0.264 e. The number of imidazole rings is 1. The number of aromatic nitrogens is 2. The Balaban J connectivity index is 1.56. The lowest BCUT2D eigenvalue weighted by molar-refractivity contribution is -0.119. The Morgan fingerprint density at radius 3 is 2.40 bits per heavy atom. The Morgan fingerprint density at radius 2 is 1.71 bits per heavy atom. The van der Waals surface area contributed by atoms with Crippen LogP contribution in [-0.2, 0) is 21.4 Å². The summed E-state index contributed by atoms with van der Waals surface area (Å²) in [6.07, 6.45) is 5.18. The van der Waals surface area contributed by atoms with Crippen LogP contribution in [0, 0.1) is 0 Å². The molecule has 0 saturated heterocycles. The van der Waals surface area contributed by atoms with E-state index in [1.165, 1.54) is 12.1 Å². The van der Waals surface area contributed by atoms with Gasteiger partial charge in [0, 0.05) is 18.9 Å². The molecular formula is C26H26N4O4S. The summed E-state index contributed by atoms with van der Waals surface area (Å²) in [6, 6.07) is 22.3. The third-order valence-electron chi connectivity index (χ3n) is 5.30. The van der Waals surface area contributed by atoms with E-state index in [1.807, 2.05) is 42.0 Å². The summed E-state index contributed by atoms with van der Waals surface area (Å²) in [6.45, 7) is 2.22. The maximum absolute atomic E-state index is 13.5. The van der Waals surface area contributed by atoms with Crippen LogP contribution in [0.3, 0.4) is 0 Å². The van der Waals surface area contributed by atoms with Crippen molar-refractivity contribution in [1.29, 1.82) is 0 Å². The largest absolute Gasteiger partial charge is 0.494 e. The predicted molar refractivity (Wildman–Crippen MR) is 134 cm³/mol. The highest BCUT2D eigenvalue weighted by Gasteiger charge is 2.27. The predicted octanol–water partition coefficient (Wildman–Crippen LogP) is 3.78. The van der Waals surface area contributed by atoms with Crippen LogP contribution in [0.1, 0.15) is 12.5 Å². The first-order chi connectivity index (χ1) is 17.0. The van der Waals surface area contributed by atoms with Crippen LogP contribution in [0.4, 0.5) is 5.69 Å². The standard InChI is InChI=1S/C26H26N4O4S/c1-2-34-23-14-12-22(13-15-23)30(35(32,33)24-9-4-3-5-10-24)19-26(31)28-18-21-8-6-7-11-25(21)29-17-16-27-20-29/h3-17,20H,2,18-19H2,1H3,(H,28,31). The molecule has 1 aromatic heterocycles. The third kappa shape index (κ3) is 5.70. The van der Waals surface area contributed by atoms with E-state index in [1.54, 1.807) is 55.0 Å². The molecule has 4 rings (SSSR count). The first kappa shape index (κ1) is 24.0. The molecule has 8 nitrogen and oxygen atoms in total. The van der Waals surface area contributed by atoms with E-state index in [0.29, 0.717) is 18.0 Å². The van der Waals surface area contributed by atoms with E-state index in [0.717, 1.165) is 15.6 Å². The van der Waals surface area contributed by atoms with Gasteiger partial charge in [0.2, 0.25) is 5.91 Å². The molecule has 4 aromatic rings. The number of rotatable bonds is 10. The minimum Gasteiger partial charge on any atom is -0.494 e. The minimum atomic E-state index is -3.98. The molecule has 0 aliphatic carbocycles. The number of hydrogen-bond donors (Lipinski definition) is 1. The molecule has 0 aliphatic heterocycles. The van der Waals surface area contributed by atoms with Gasteiger partial charge in [0.05, 0.1) is 29.2 Å². The Morgan fingerprint density at radius 1 is 1.00 bits per heavy atom. The number of carbonyl (C=O) groups excluding carboxylic acids is 1. The van der Waals surface area contributed by atoms with Crippen LogP contribution in [0.25, 0.3) is 5.69 Å². The minimum absolute atomic E-state index is 0.104. The van der Waals surface area contributed by atoms with Crippen molar-refractivity contribution >= 4 is 21.6 Å². The van der Waals surface area contributed by atoms with Gasteiger partial charge in [-0.2, -0.15) is 0 Å². The molecule has 0 bridgehead atoms. The van der Waals surface area contributed by atoms with Gasteiger partial charge in [-0.3, -0.25) is 9.10 Å². The van der Waals surface area contributed by atoms with E-state index in [2.05, 4.69) is 10.3 Å². The fourth-order valence-electron chi connectivity index (χ4n) is 3.60. The lowest BCUT2D eigenvalue weighted by Crippen LogP contribution is -2.40. The van der Waals surface area contributed by atoms with Gasteiger partial charge in [0.25, 0.3) is 10.0 Å². The fourth-order valence-corrected chi connectivity index (χ4v) is 5.05. The summed E-state index contributed by atoms with van der Waals surface area (Å²) in [5, 5.41) is 2.85. The number of amides is 1. The zero-order valence-corrected chi connectivity index (χ0v) is 20.1. The van der Waals surface area contributed by atoms with Crippen LogP contribution in [0.2, 0.25) is 0 Å². The molecule has 0 atom stereocenters. The first-order valence-corrected chi connectivity index (χ1v) is 12.6. The van der Waals surface area contributed by atoms with Crippen molar-refractivity contribution in [2.75, 3.05) is 17.5 Å². The van der Waals surface area contributed by atoms with E-state index in [9.17, 15) is 13.2 Å². The Kier molecular flexibility index (Phi) is 7.47. The number of sulfonamides is 1. The van der Waals surface area contributed by atoms with Crippen LogP contribution in [0.5, 0.6) is 5.75 Å². The molecule has 180 valence electrons. The normalized spacial score (nSPS) is 11.1. The molecular weight excluding hydrogens is 464 g/mol. The lowest BCUT2D eigenvalue weighted by Gasteiger charge is -2.24. The van der Waals surface area contributed by atoms with Gasteiger partial charge in [0.1, 0.15) is 12.3 Å². The third-order valence-corrected chi connectivity index (χ3v) is 7.09. The maximum atomic E-state index is 13.5. The van der Waals surface area contributed by atoms with Gasteiger partial charge in [-0.1, -0.05) is 36.4 Å². The van der Waals surface area contributed by atoms with Crippen molar-refractivity contribution in [3.05, 3.63) is 103 Å². The SMILES string of the molecule is CCOc1ccc(N(CC(=O)NCc2ccccc2-n2ccnc2)S(=O)(=O)c2ccccc2)cc1. The zero-order chi connectivity index (χ0) is 24.7. The van der Waals surface area contributed by atoms with Crippen LogP contribution in [0.15, 0.2) is 102 Å². The molecule has 9 heteroatoms. The molecule has 0 radical (unpaired) electrons. The molecule has 0 aliphatic rings. The number of carbonyl (C=O) groups is 1. The van der Waals surface area contributed by atoms with Crippen molar-refractivity contribution in [2.45, 2.75) is 18.4 Å². The molecule has 1 N–H and O–H groups in total. The average molecular weight is 491 g/mol. The van der Waals surface area contributed by atoms with Gasteiger partial charge in [0.15, 0.2) is 0 Å². The number of benzene rings is 3. The average Bonchev–Trinajstić information content (AvgIpc) is 3.42.